The van der Waals surface area contributed by atoms with Crippen LogP contribution in [0.4, 0.5) is 4.39 Å². The van der Waals surface area contributed by atoms with Crippen molar-refractivity contribution in [1.82, 2.24) is 29.7 Å². The fourth-order valence-corrected chi connectivity index (χ4v) is 7.75. The second kappa shape index (κ2) is 12.4. The van der Waals surface area contributed by atoms with E-state index in [0.717, 1.165) is 25.7 Å². The molecule has 0 spiro atoms. The predicted octanol–water partition coefficient (Wildman–Crippen LogP) is 2.54. The molecule has 15 heteroatoms. The number of nitrogens with one attached hydrogen (secondary N) is 3. The molecule has 3 N–H and O–H groups in total. The maximum Gasteiger partial charge on any atom is 0.259 e. The lowest BCUT2D eigenvalue weighted by molar-refractivity contribution is -0.141. The summed E-state index contributed by atoms with van der Waals surface area (Å²) in [5.41, 5.74) is -0.218. The van der Waals surface area contributed by atoms with E-state index < -0.39 is 68.5 Å². The Bertz CT molecular complexity index is 1650. The highest BCUT2D eigenvalue weighted by Crippen LogP contribution is 2.46. The van der Waals surface area contributed by atoms with Gasteiger partial charge in [-0.3, -0.25) is 19.1 Å². The van der Waals surface area contributed by atoms with Crippen LogP contribution in [0.25, 0.3) is 11.0 Å². The number of benzene rings is 1. The molecule has 4 aliphatic rings. The van der Waals surface area contributed by atoms with Crippen LogP contribution in [-0.2, 0) is 24.4 Å². The minimum absolute atomic E-state index is 0.0207. The van der Waals surface area contributed by atoms with Crippen LogP contribution in [0.5, 0.6) is 5.88 Å². The standard InChI is InChI=1S/C30H36ClFN6O6S/c1-17-27(34-24-13-19(32)9-12-22(24)33-17)44-20-14-25-26(39)35-30(29(41)37-45(42,43)21-10-11-21)15-18(30)7-5-3-2-4-6-8-23(36-31)28(40)38(25)16-20/h5,7,9,12-13,18,20-21,23,25,36H,2-4,6,8,10-11,14-16H2,1H3,(H,35,39)(H,37,41)/b7-5-/t18-,20-,23+,25+,30-/m1/s1. The van der Waals surface area contributed by atoms with Gasteiger partial charge in [-0.15, -0.1) is 0 Å². The Balaban J connectivity index is 1.28. The molecule has 0 radical (unpaired) electrons. The van der Waals surface area contributed by atoms with Gasteiger partial charge in [0, 0.05) is 18.4 Å². The first-order valence-electron chi connectivity index (χ1n) is 15.3. The molecule has 242 valence electrons. The van der Waals surface area contributed by atoms with Crippen molar-refractivity contribution in [2.45, 2.75) is 93.7 Å². The van der Waals surface area contributed by atoms with Gasteiger partial charge in [-0.1, -0.05) is 25.0 Å². The van der Waals surface area contributed by atoms with Gasteiger partial charge < -0.3 is 15.0 Å². The Kier molecular flexibility index (Phi) is 8.74. The van der Waals surface area contributed by atoms with E-state index in [1.165, 1.54) is 23.1 Å². The summed E-state index contributed by atoms with van der Waals surface area (Å²) in [5, 5.41) is 2.22. The number of hydrogen-bond donors (Lipinski definition) is 3. The van der Waals surface area contributed by atoms with Crippen LogP contribution in [0.15, 0.2) is 30.4 Å². The van der Waals surface area contributed by atoms with Crippen molar-refractivity contribution in [1.29, 1.82) is 0 Å². The molecule has 3 fully saturated rings. The van der Waals surface area contributed by atoms with E-state index in [-0.39, 0.29) is 25.3 Å². The first kappa shape index (κ1) is 31.6. The quantitative estimate of drug-likeness (QED) is 0.312. The van der Waals surface area contributed by atoms with Crippen molar-refractivity contribution in [3.63, 3.8) is 0 Å². The number of ether oxygens (including phenoxy) is 1. The van der Waals surface area contributed by atoms with E-state index in [0.29, 0.717) is 36.0 Å². The summed E-state index contributed by atoms with van der Waals surface area (Å²) in [6.07, 6.45) is 8.01. The van der Waals surface area contributed by atoms with E-state index >= 15 is 0 Å². The van der Waals surface area contributed by atoms with E-state index in [1.807, 2.05) is 12.2 Å². The summed E-state index contributed by atoms with van der Waals surface area (Å²) in [4.78, 5) is 54.1. The monoisotopic (exact) mass is 662 g/mol. The molecule has 0 bridgehead atoms. The third-order valence-corrected chi connectivity index (χ3v) is 11.1. The molecule has 2 aromatic rings. The number of rotatable bonds is 6. The molecular weight excluding hydrogens is 627 g/mol. The number of aromatic nitrogens is 2. The summed E-state index contributed by atoms with van der Waals surface area (Å²) in [5.74, 6) is -2.50. The lowest BCUT2D eigenvalue weighted by Crippen LogP contribution is -2.57. The number of carbonyl (C=O) groups is 3. The Morgan fingerprint density at radius 1 is 1.16 bits per heavy atom. The van der Waals surface area contributed by atoms with Crippen LogP contribution in [0.1, 0.15) is 63.5 Å². The smallest absolute Gasteiger partial charge is 0.259 e. The van der Waals surface area contributed by atoms with Gasteiger partial charge in [0.05, 0.1) is 22.8 Å². The number of allylic oxidation sites excluding steroid dienone is 1. The zero-order chi connectivity index (χ0) is 31.9. The van der Waals surface area contributed by atoms with Gasteiger partial charge in [0.25, 0.3) is 5.91 Å². The van der Waals surface area contributed by atoms with Gasteiger partial charge in [0.2, 0.25) is 27.7 Å². The molecular formula is C30H36ClFN6O6S. The van der Waals surface area contributed by atoms with Gasteiger partial charge in [-0.2, -0.15) is 0 Å². The van der Waals surface area contributed by atoms with Gasteiger partial charge in [0.15, 0.2) is 0 Å². The largest absolute Gasteiger partial charge is 0.471 e. The SMILES string of the molecule is Cc1nc2ccc(F)cc2nc1O[C@@H]1C[C@H]2C(=O)N[C@]3(C(=O)NS(=O)(=O)C4CC4)C[C@H]3/C=C\CCCCC[C@H](NCl)C(=O)N2C1. The lowest BCUT2D eigenvalue weighted by Gasteiger charge is -2.29. The van der Waals surface area contributed by atoms with Gasteiger partial charge in [-0.25, -0.2) is 27.6 Å². The third kappa shape index (κ3) is 6.63. The highest BCUT2D eigenvalue weighted by Gasteiger charge is 2.62. The molecule has 1 aromatic heterocycles. The van der Waals surface area contributed by atoms with Crippen LogP contribution in [0, 0.1) is 18.7 Å². The molecule has 3 heterocycles. The van der Waals surface area contributed by atoms with Gasteiger partial charge in [0.1, 0.15) is 35.2 Å². The lowest BCUT2D eigenvalue weighted by atomic mass is 10.1. The van der Waals surface area contributed by atoms with Gasteiger partial charge in [-0.05, 0) is 69.4 Å². The molecule has 0 unspecified atom stereocenters. The van der Waals surface area contributed by atoms with Gasteiger partial charge >= 0.3 is 0 Å². The number of hydrogen-bond acceptors (Lipinski definition) is 9. The summed E-state index contributed by atoms with van der Waals surface area (Å²) >= 11 is 6.02. The van der Waals surface area contributed by atoms with Crippen molar-refractivity contribution >= 4 is 50.6 Å². The van der Waals surface area contributed by atoms with Crippen LogP contribution in [-0.4, -0.2) is 76.5 Å². The Morgan fingerprint density at radius 3 is 2.71 bits per heavy atom. The molecule has 1 saturated heterocycles. The zero-order valence-corrected chi connectivity index (χ0v) is 26.4. The third-order valence-electron chi connectivity index (χ3n) is 9.01. The summed E-state index contributed by atoms with van der Waals surface area (Å²) in [6.45, 7) is 1.72. The van der Waals surface area contributed by atoms with Crippen molar-refractivity contribution in [3.8, 4) is 5.88 Å². The summed E-state index contributed by atoms with van der Waals surface area (Å²) in [6, 6.07) is 2.25. The van der Waals surface area contributed by atoms with Crippen molar-refractivity contribution < 1.29 is 31.9 Å². The van der Waals surface area contributed by atoms with E-state index in [1.54, 1.807) is 6.92 Å². The average Bonchev–Trinajstić information content (AvgIpc) is 3.92. The van der Waals surface area contributed by atoms with Crippen LogP contribution in [0.3, 0.4) is 0 Å². The molecule has 1 aromatic carbocycles. The van der Waals surface area contributed by atoms with Crippen molar-refractivity contribution in [2.75, 3.05) is 6.54 Å². The highest BCUT2D eigenvalue weighted by atomic mass is 35.5. The topological polar surface area (TPSA) is 160 Å². The first-order chi connectivity index (χ1) is 21.5. The zero-order valence-electron chi connectivity index (χ0n) is 24.8. The van der Waals surface area contributed by atoms with Crippen LogP contribution < -0.4 is 19.6 Å². The molecule has 6 rings (SSSR count). The number of nitrogens with zero attached hydrogens (tertiary/aromatic N) is 3. The summed E-state index contributed by atoms with van der Waals surface area (Å²) < 4.78 is 47.5. The first-order valence-corrected chi connectivity index (χ1v) is 17.2. The molecule has 45 heavy (non-hydrogen) atoms. The Hall–Kier alpha value is -3.36. The highest BCUT2D eigenvalue weighted by molar-refractivity contribution is 7.91. The summed E-state index contributed by atoms with van der Waals surface area (Å²) in [7, 11) is -3.85. The normalized spacial score (nSPS) is 30.0. The number of carbonyl (C=O) groups excluding carboxylic acids is 3. The number of aryl methyl sites for hydroxylation is 1. The molecule has 2 saturated carbocycles. The Labute approximate surface area is 265 Å². The number of amides is 3. The fraction of sp³-hybridized carbons (Fsp3) is 0.567. The number of sulfonamides is 1. The van der Waals surface area contributed by atoms with E-state index in [9.17, 15) is 27.2 Å². The number of halogens is 2. The Morgan fingerprint density at radius 2 is 1.96 bits per heavy atom. The van der Waals surface area contributed by atoms with Crippen molar-refractivity contribution in [2.24, 2.45) is 5.92 Å². The maximum absolute atomic E-state index is 14.0. The number of fused-ring (bicyclic) bond motifs is 3. The average molecular weight is 663 g/mol. The molecule has 3 amide bonds. The second-order valence-corrected chi connectivity index (χ2v) is 14.6. The predicted molar refractivity (Wildman–Crippen MR) is 163 cm³/mol. The minimum Gasteiger partial charge on any atom is -0.471 e. The minimum atomic E-state index is -3.85. The second-order valence-electron chi connectivity index (χ2n) is 12.4. The van der Waals surface area contributed by atoms with Crippen LogP contribution >= 0.6 is 11.8 Å². The molecule has 2 aliphatic carbocycles. The van der Waals surface area contributed by atoms with Crippen LogP contribution in [0.2, 0.25) is 0 Å². The fourth-order valence-electron chi connectivity index (χ4n) is 6.18. The van der Waals surface area contributed by atoms with E-state index in [2.05, 4.69) is 24.8 Å². The van der Waals surface area contributed by atoms with E-state index in [4.69, 9.17) is 16.5 Å². The molecule has 12 nitrogen and oxygen atoms in total. The molecule has 5 atom stereocenters. The maximum atomic E-state index is 14.0. The van der Waals surface area contributed by atoms with Crippen molar-refractivity contribution in [3.05, 3.63) is 41.9 Å². The molecule has 2 aliphatic heterocycles.